The van der Waals surface area contributed by atoms with Crippen molar-refractivity contribution in [2.45, 2.75) is 12.8 Å². The summed E-state index contributed by atoms with van der Waals surface area (Å²) in [5, 5.41) is 0. The van der Waals surface area contributed by atoms with Crippen LogP contribution >= 0.6 is 0 Å². The Bertz CT molecular complexity index is 431. The van der Waals surface area contributed by atoms with Crippen molar-refractivity contribution in [1.82, 2.24) is 4.98 Å². The Morgan fingerprint density at radius 3 is 2.35 bits per heavy atom. The highest BCUT2D eigenvalue weighted by Crippen LogP contribution is 2.33. The van der Waals surface area contributed by atoms with Gasteiger partial charge in [0.2, 0.25) is 5.88 Å². The van der Waals surface area contributed by atoms with Crippen molar-refractivity contribution < 1.29 is 35.9 Å². The molecular weight excluding hydrogens is 256 g/mol. The number of rotatable bonds is 3. The first-order valence-corrected chi connectivity index (χ1v) is 3.94. The average Bonchev–Trinajstić information content (AvgIpc) is 2.13. The summed E-state index contributed by atoms with van der Waals surface area (Å²) in [5.41, 5.74) is -2.43. The third-order valence-corrected chi connectivity index (χ3v) is 1.54. The van der Waals surface area contributed by atoms with E-state index in [-0.39, 0.29) is 12.4 Å². The minimum atomic E-state index is -5.31. The smallest absolute Gasteiger partial charge is 0.387 e. The summed E-state index contributed by atoms with van der Waals surface area (Å²) in [6.07, 6.45) is -8.97. The summed E-state index contributed by atoms with van der Waals surface area (Å²) >= 11 is 0. The van der Waals surface area contributed by atoms with Gasteiger partial charge >= 0.3 is 6.36 Å². The van der Waals surface area contributed by atoms with Crippen molar-refractivity contribution in [3.63, 3.8) is 0 Å². The van der Waals surface area contributed by atoms with Crippen molar-refractivity contribution in [2.24, 2.45) is 0 Å². The zero-order chi connectivity index (χ0) is 13.2. The zero-order valence-corrected chi connectivity index (χ0v) is 7.76. The number of aromatic nitrogens is 1. The van der Waals surface area contributed by atoms with Crippen molar-refractivity contribution in [3.8, 4) is 5.88 Å². The van der Waals surface area contributed by atoms with E-state index in [1.54, 1.807) is 0 Å². The maximum absolute atomic E-state index is 13.0. The van der Waals surface area contributed by atoms with E-state index >= 15 is 0 Å². The summed E-state index contributed by atoms with van der Waals surface area (Å²) < 4.78 is 76.2. The molecule has 0 aromatic carbocycles. The van der Waals surface area contributed by atoms with Crippen molar-refractivity contribution in [2.75, 3.05) is 0 Å². The van der Waals surface area contributed by atoms with Crippen molar-refractivity contribution in [3.05, 3.63) is 23.1 Å². The highest BCUT2D eigenvalue weighted by atomic mass is 19.4. The van der Waals surface area contributed by atoms with Gasteiger partial charge in [0, 0.05) is 6.07 Å². The Balaban J connectivity index is 3.32. The van der Waals surface area contributed by atoms with Crippen LogP contribution in [-0.2, 0) is 0 Å². The third kappa shape index (κ3) is 3.33. The van der Waals surface area contributed by atoms with Gasteiger partial charge in [0.15, 0.2) is 6.29 Å². The lowest BCUT2D eigenvalue weighted by Crippen LogP contribution is -2.20. The second-order valence-corrected chi connectivity index (χ2v) is 2.71. The lowest BCUT2D eigenvalue weighted by atomic mass is 10.2. The minimum Gasteiger partial charge on any atom is -0.387 e. The normalized spacial score (nSPS) is 11.7. The lowest BCUT2D eigenvalue weighted by Gasteiger charge is -2.12. The second-order valence-electron chi connectivity index (χ2n) is 2.71. The van der Waals surface area contributed by atoms with E-state index in [4.69, 9.17) is 0 Å². The number of halogens is 6. The molecular formula is C8H3F6NO2. The fourth-order valence-electron chi connectivity index (χ4n) is 0.965. The molecule has 0 aliphatic rings. The monoisotopic (exact) mass is 259 g/mol. The van der Waals surface area contributed by atoms with Gasteiger partial charge in [0.25, 0.3) is 6.43 Å². The average molecular weight is 259 g/mol. The molecule has 0 aliphatic heterocycles. The number of ether oxygens (including phenoxy) is 1. The molecule has 0 unspecified atom stereocenters. The lowest BCUT2D eigenvalue weighted by molar-refractivity contribution is -0.276. The number of carbonyl (C=O) groups is 1. The second kappa shape index (κ2) is 4.60. The summed E-state index contributed by atoms with van der Waals surface area (Å²) in [5.74, 6) is -3.37. The SMILES string of the molecule is O=Cc1cc(F)c(C(F)F)c(OC(F)(F)F)n1. The largest absolute Gasteiger partial charge is 0.574 e. The molecule has 3 nitrogen and oxygen atoms in total. The maximum atomic E-state index is 13.0. The molecule has 0 saturated heterocycles. The summed E-state index contributed by atoms with van der Waals surface area (Å²) in [6.45, 7) is 0. The molecule has 0 saturated carbocycles. The van der Waals surface area contributed by atoms with Gasteiger partial charge in [-0.25, -0.2) is 18.2 Å². The summed E-state index contributed by atoms with van der Waals surface area (Å²) in [7, 11) is 0. The van der Waals surface area contributed by atoms with Gasteiger partial charge in [0.1, 0.15) is 17.1 Å². The van der Waals surface area contributed by atoms with Gasteiger partial charge in [-0.2, -0.15) is 0 Å². The quantitative estimate of drug-likeness (QED) is 0.618. The van der Waals surface area contributed by atoms with Crippen LogP contribution in [0.5, 0.6) is 5.88 Å². The van der Waals surface area contributed by atoms with Crippen molar-refractivity contribution in [1.29, 1.82) is 0 Å². The molecule has 1 aromatic heterocycles. The molecule has 0 amide bonds. The highest BCUT2D eigenvalue weighted by Gasteiger charge is 2.35. The van der Waals surface area contributed by atoms with Crippen LogP contribution in [0.3, 0.4) is 0 Å². The van der Waals surface area contributed by atoms with E-state index in [1.807, 2.05) is 0 Å². The van der Waals surface area contributed by atoms with Gasteiger partial charge in [-0.15, -0.1) is 13.2 Å². The third-order valence-electron chi connectivity index (χ3n) is 1.54. The van der Waals surface area contributed by atoms with Crippen LogP contribution in [0.25, 0.3) is 0 Å². The first kappa shape index (κ1) is 13.3. The molecule has 1 heterocycles. The predicted molar refractivity (Wildman–Crippen MR) is 41.2 cm³/mol. The van der Waals surface area contributed by atoms with Gasteiger partial charge < -0.3 is 4.74 Å². The fraction of sp³-hybridized carbons (Fsp3) is 0.250. The molecule has 1 aromatic rings. The molecule has 0 fully saturated rings. The standard InChI is InChI=1S/C8H3F6NO2/c9-4-1-3(2-16)15-7(5(4)6(10)11)17-8(12,13)14/h1-2,6H. The molecule has 0 N–H and O–H groups in total. The van der Waals surface area contributed by atoms with Crippen LogP contribution < -0.4 is 4.74 Å². The Morgan fingerprint density at radius 1 is 1.35 bits per heavy atom. The van der Waals surface area contributed by atoms with Crippen LogP contribution in [0.1, 0.15) is 22.5 Å². The maximum Gasteiger partial charge on any atom is 0.574 e. The van der Waals surface area contributed by atoms with E-state index in [2.05, 4.69) is 9.72 Å². The van der Waals surface area contributed by atoms with Gasteiger partial charge in [-0.3, -0.25) is 4.79 Å². The molecule has 1 rings (SSSR count). The predicted octanol–water partition coefficient (Wildman–Crippen LogP) is 2.87. The van der Waals surface area contributed by atoms with Crippen molar-refractivity contribution >= 4 is 6.29 Å². The number of pyridine rings is 1. The molecule has 0 aliphatic carbocycles. The van der Waals surface area contributed by atoms with E-state index in [9.17, 15) is 31.1 Å². The summed E-state index contributed by atoms with van der Waals surface area (Å²) in [6, 6.07) is 0.289. The first-order chi connectivity index (χ1) is 7.74. The summed E-state index contributed by atoms with van der Waals surface area (Å²) in [4.78, 5) is 13.0. The van der Waals surface area contributed by atoms with Gasteiger partial charge in [0.05, 0.1) is 0 Å². The van der Waals surface area contributed by atoms with E-state index in [0.29, 0.717) is 0 Å². The van der Waals surface area contributed by atoms with E-state index < -0.39 is 35.7 Å². The molecule has 17 heavy (non-hydrogen) atoms. The van der Waals surface area contributed by atoms with Crippen LogP contribution in [0.15, 0.2) is 6.07 Å². The minimum absolute atomic E-state index is 0.0957. The number of nitrogens with zero attached hydrogens (tertiary/aromatic N) is 1. The topological polar surface area (TPSA) is 39.2 Å². The van der Waals surface area contributed by atoms with Crippen LogP contribution in [0.4, 0.5) is 26.3 Å². The fourth-order valence-corrected chi connectivity index (χ4v) is 0.965. The first-order valence-electron chi connectivity index (χ1n) is 3.94. The van der Waals surface area contributed by atoms with Crippen LogP contribution in [0.2, 0.25) is 0 Å². The van der Waals surface area contributed by atoms with E-state index in [0.717, 1.165) is 0 Å². The number of alkyl halides is 5. The number of carbonyl (C=O) groups excluding carboxylic acids is 1. The Hall–Kier alpha value is -1.80. The Morgan fingerprint density at radius 2 is 1.94 bits per heavy atom. The van der Waals surface area contributed by atoms with E-state index in [1.165, 1.54) is 0 Å². The Labute approximate surface area is 90.0 Å². The number of hydrogen-bond acceptors (Lipinski definition) is 3. The molecule has 0 atom stereocenters. The molecule has 9 heteroatoms. The molecule has 94 valence electrons. The highest BCUT2D eigenvalue weighted by molar-refractivity contribution is 5.72. The van der Waals surface area contributed by atoms with Gasteiger partial charge in [-0.1, -0.05) is 0 Å². The number of hydrogen-bond donors (Lipinski definition) is 0. The molecule has 0 radical (unpaired) electrons. The molecule has 0 spiro atoms. The number of aldehydes is 1. The Kier molecular flexibility index (Phi) is 3.59. The zero-order valence-electron chi connectivity index (χ0n) is 7.76. The van der Waals surface area contributed by atoms with Gasteiger partial charge in [-0.05, 0) is 0 Å². The van der Waals surface area contributed by atoms with Crippen LogP contribution in [-0.4, -0.2) is 17.6 Å². The van der Waals surface area contributed by atoms with Crippen LogP contribution in [0, 0.1) is 5.82 Å². The molecule has 0 bridgehead atoms.